The van der Waals surface area contributed by atoms with Crippen LogP contribution < -0.4 is 5.32 Å². The van der Waals surface area contributed by atoms with Gasteiger partial charge in [-0.15, -0.1) is 0 Å². The molecule has 5 nitrogen and oxygen atoms in total. The number of carbonyl (C=O) groups excluding carboxylic acids is 1. The molecule has 1 saturated heterocycles. The highest BCUT2D eigenvalue weighted by molar-refractivity contribution is 5.91. The highest BCUT2D eigenvalue weighted by Crippen LogP contribution is 2.29. The Balaban J connectivity index is 1.16. The summed E-state index contributed by atoms with van der Waals surface area (Å²) < 4.78 is 0. The van der Waals surface area contributed by atoms with Crippen LogP contribution in [0, 0.1) is 0 Å². The fourth-order valence-electron chi connectivity index (χ4n) is 4.89. The predicted octanol–water partition coefficient (Wildman–Crippen LogP) is 5.52. The second kappa shape index (κ2) is 13.9. The molecule has 0 saturated carbocycles. The number of rotatable bonds is 11. The minimum absolute atomic E-state index is 0.0468. The third kappa shape index (κ3) is 8.11. The molecule has 3 aromatic rings. The zero-order chi connectivity index (χ0) is 25.9. The standard InChI is InChI=1S/C32H40N4O/c1-26(2)30-17-15-27(25-34-30)16-18-31(37)33-19-9-10-20-35-21-23-36(24-22-35)32(28-11-5-3-6-12-28)29-13-7-4-8-14-29/h3-8,11-18,25-26,32H,9-10,19-24H2,1-2H3,(H,33,37)/b18-16+. The molecule has 0 spiro atoms. The summed E-state index contributed by atoms with van der Waals surface area (Å²) in [4.78, 5) is 21.8. The fraction of sp³-hybridized carbons (Fsp3) is 0.375. The number of nitrogens with one attached hydrogen (secondary N) is 1. The van der Waals surface area contributed by atoms with Crippen molar-refractivity contribution in [2.45, 2.75) is 38.6 Å². The topological polar surface area (TPSA) is 48.5 Å². The molecule has 194 valence electrons. The molecule has 1 amide bonds. The lowest BCUT2D eigenvalue weighted by atomic mass is 9.96. The lowest BCUT2D eigenvalue weighted by Crippen LogP contribution is -2.48. The SMILES string of the molecule is CC(C)c1ccc(/C=C/C(=O)NCCCCN2CCN(C(c3ccccc3)c3ccccc3)CC2)cn1. The van der Waals surface area contributed by atoms with Crippen molar-refractivity contribution in [1.82, 2.24) is 20.1 Å². The predicted molar refractivity (Wildman–Crippen MR) is 152 cm³/mol. The molecule has 37 heavy (non-hydrogen) atoms. The summed E-state index contributed by atoms with van der Waals surface area (Å²) in [7, 11) is 0. The molecule has 1 fully saturated rings. The van der Waals surface area contributed by atoms with Crippen molar-refractivity contribution >= 4 is 12.0 Å². The maximum absolute atomic E-state index is 12.2. The maximum Gasteiger partial charge on any atom is 0.243 e. The Labute approximate surface area is 222 Å². The van der Waals surface area contributed by atoms with Gasteiger partial charge in [-0.1, -0.05) is 80.6 Å². The number of carbonyl (C=O) groups is 1. The molecule has 0 bridgehead atoms. The fourth-order valence-corrected chi connectivity index (χ4v) is 4.89. The molecular weight excluding hydrogens is 456 g/mol. The van der Waals surface area contributed by atoms with Crippen molar-refractivity contribution in [3.8, 4) is 0 Å². The van der Waals surface area contributed by atoms with Gasteiger partial charge in [0.2, 0.25) is 5.91 Å². The first-order valence-corrected chi connectivity index (χ1v) is 13.6. The number of hydrogen-bond acceptors (Lipinski definition) is 4. The van der Waals surface area contributed by atoms with Gasteiger partial charge >= 0.3 is 0 Å². The van der Waals surface area contributed by atoms with Crippen LogP contribution in [-0.2, 0) is 4.79 Å². The number of pyridine rings is 1. The molecule has 2 heterocycles. The minimum Gasteiger partial charge on any atom is -0.353 e. The summed E-state index contributed by atoms with van der Waals surface area (Å²) in [5, 5.41) is 3.01. The first kappa shape index (κ1) is 26.8. The number of aromatic nitrogens is 1. The van der Waals surface area contributed by atoms with E-state index in [4.69, 9.17) is 0 Å². The smallest absolute Gasteiger partial charge is 0.243 e. The van der Waals surface area contributed by atoms with E-state index >= 15 is 0 Å². The molecule has 0 radical (unpaired) electrons. The van der Waals surface area contributed by atoms with E-state index in [1.807, 2.05) is 24.4 Å². The summed E-state index contributed by atoms with van der Waals surface area (Å²) in [5.41, 5.74) is 4.72. The zero-order valence-corrected chi connectivity index (χ0v) is 22.2. The first-order valence-electron chi connectivity index (χ1n) is 13.6. The van der Waals surface area contributed by atoms with Crippen molar-refractivity contribution in [2.24, 2.45) is 0 Å². The van der Waals surface area contributed by atoms with Crippen molar-refractivity contribution in [3.05, 3.63) is 107 Å². The van der Waals surface area contributed by atoms with E-state index in [0.717, 1.165) is 56.8 Å². The Morgan fingerprint density at radius 2 is 1.54 bits per heavy atom. The van der Waals surface area contributed by atoms with E-state index in [1.165, 1.54) is 11.1 Å². The normalized spacial score (nSPS) is 15.0. The largest absolute Gasteiger partial charge is 0.353 e. The van der Waals surface area contributed by atoms with E-state index in [9.17, 15) is 4.79 Å². The third-order valence-electron chi connectivity index (χ3n) is 7.03. The van der Waals surface area contributed by atoms with Crippen LogP contribution in [0.1, 0.15) is 61.0 Å². The van der Waals surface area contributed by atoms with E-state index < -0.39 is 0 Å². The highest BCUT2D eigenvalue weighted by Gasteiger charge is 2.26. The number of amides is 1. The van der Waals surface area contributed by atoms with E-state index in [2.05, 4.69) is 94.6 Å². The number of unbranched alkanes of at least 4 members (excludes halogenated alkanes) is 1. The lowest BCUT2D eigenvalue weighted by molar-refractivity contribution is -0.116. The van der Waals surface area contributed by atoms with Crippen molar-refractivity contribution < 1.29 is 4.79 Å². The van der Waals surface area contributed by atoms with Crippen LogP contribution in [0.3, 0.4) is 0 Å². The van der Waals surface area contributed by atoms with Gasteiger partial charge in [0.25, 0.3) is 0 Å². The van der Waals surface area contributed by atoms with E-state index in [-0.39, 0.29) is 5.91 Å². The Bertz CT molecular complexity index is 1070. The van der Waals surface area contributed by atoms with Gasteiger partial charge in [0.05, 0.1) is 6.04 Å². The van der Waals surface area contributed by atoms with Crippen molar-refractivity contribution in [3.63, 3.8) is 0 Å². The van der Waals surface area contributed by atoms with E-state index in [1.54, 1.807) is 6.08 Å². The van der Waals surface area contributed by atoms with Gasteiger partial charge in [0.1, 0.15) is 0 Å². The van der Waals surface area contributed by atoms with Gasteiger partial charge in [-0.25, -0.2) is 0 Å². The van der Waals surface area contributed by atoms with Crippen LogP contribution in [-0.4, -0.2) is 60.0 Å². The quantitative estimate of drug-likeness (QED) is 0.280. The van der Waals surface area contributed by atoms with Gasteiger partial charge in [-0.3, -0.25) is 14.7 Å². The molecule has 1 N–H and O–H groups in total. The summed E-state index contributed by atoms with van der Waals surface area (Å²) in [5.74, 6) is 0.361. The summed E-state index contributed by atoms with van der Waals surface area (Å²) >= 11 is 0. The molecule has 1 aromatic heterocycles. The maximum atomic E-state index is 12.2. The monoisotopic (exact) mass is 496 g/mol. The molecule has 2 aromatic carbocycles. The van der Waals surface area contributed by atoms with Crippen molar-refractivity contribution in [1.29, 1.82) is 0 Å². The third-order valence-corrected chi connectivity index (χ3v) is 7.03. The molecule has 4 rings (SSSR count). The highest BCUT2D eigenvalue weighted by atomic mass is 16.1. The summed E-state index contributed by atoms with van der Waals surface area (Å²) in [6.07, 6.45) is 7.32. The molecule has 0 unspecified atom stereocenters. The Kier molecular flexibility index (Phi) is 10.0. The van der Waals surface area contributed by atoms with Crippen molar-refractivity contribution in [2.75, 3.05) is 39.3 Å². The van der Waals surface area contributed by atoms with Gasteiger partial charge in [0, 0.05) is 50.7 Å². The van der Waals surface area contributed by atoms with Crippen LogP contribution in [0.5, 0.6) is 0 Å². The van der Waals surface area contributed by atoms with E-state index in [0.29, 0.717) is 18.5 Å². The number of nitrogens with zero attached hydrogens (tertiary/aromatic N) is 3. The Hall–Kier alpha value is -3.28. The van der Waals surface area contributed by atoms with Gasteiger partial charge < -0.3 is 10.2 Å². The second-order valence-electron chi connectivity index (χ2n) is 10.1. The minimum atomic E-state index is -0.0468. The molecule has 1 aliphatic rings. The molecule has 5 heteroatoms. The van der Waals surface area contributed by atoms with Crippen LogP contribution in [0.15, 0.2) is 85.1 Å². The number of piperazine rings is 1. The van der Waals surface area contributed by atoms with Gasteiger partial charge in [-0.2, -0.15) is 0 Å². The average Bonchev–Trinajstić information content (AvgIpc) is 2.94. The summed E-state index contributed by atoms with van der Waals surface area (Å²) in [6.45, 7) is 10.3. The molecule has 0 atom stereocenters. The molecular formula is C32H40N4O. The van der Waals surface area contributed by atoms with Crippen LogP contribution >= 0.6 is 0 Å². The zero-order valence-electron chi connectivity index (χ0n) is 22.2. The molecule has 0 aliphatic carbocycles. The summed E-state index contributed by atoms with van der Waals surface area (Å²) in [6, 6.07) is 26.0. The average molecular weight is 497 g/mol. The lowest BCUT2D eigenvalue weighted by Gasteiger charge is -2.39. The van der Waals surface area contributed by atoms with Crippen LogP contribution in [0.2, 0.25) is 0 Å². The Morgan fingerprint density at radius 1 is 0.892 bits per heavy atom. The van der Waals surface area contributed by atoms with Crippen LogP contribution in [0.25, 0.3) is 6.08 Å². The van der Waals surface area contributed by atoms with Gasteiger partial charge in [0.15, 0.2) is 0 Å². The van der Waals surface area contributed by atoms with Crippen LogP contribution in [0.4, 0.5) is 0 Å². The second-order valence-corrected chi connectivity index (χ2v) is 10.1. The Morgan fingerprint density at radius 3 is 2.11 bits per heavy atom. The first-order chi connectivity index (χ1) is 18.1. The number of benzene rings is 2. The number of hydrogen-bond donors (Lipinski definition) is 1. The van der Waals surface area contributed by atoms with Gasteiger partial charge in [-0.05, 0) is 54.1 Å². The molecule has 1 aliphatic heterocycles.